The van der Waals surface area contributed by atoms with Gasteiger partial charge in [0.2, 0.25) is 0 Å². The fraction of sp³-hybridized carbons (Fsp3) is 0.125. The van der Waals surface area contributed by atoms with E-state index in [4.69, 9.17) is 0 Å². The van der Waals surface area contributed by atoms with Gasteiger partial charge in [-0.1, -0.05) is 18.2 Å². The lowest BCUT2D eigenvalue weighted by Gasteiger charge is -2.13. The van der Waals surface area contributed by atoms with E-state index in [1.54, 1.807) is 12.4 Å². The normalized spacial score (nSPS) is 12.0. The first-order valence-electron chi connectivity index (χ1n) is 6.66. The summed E-state index contributed by atoms with van der Waals surface area (Å²) in [4.78, 5) is 24.9. The van der Waals surface area contributed by atoms with Crippen molar-refractivity contribution >= 4 is 16.9 Å². The smallest absolute Gasteiger partial charge is 0.271 e. The predicted molar refractivity (Wildman–Crippen MR) is 79.7 cm³/mol. The highest BCUT2D eigenvalue weighted by Crippen LogP contribution is 2.12. The van der Waals surface area contributed by atoms with Gasteiger partial charge in [0.25, 0.3) is 5.91 Å². The van der Waals surface area contributed by atoms with Crippen molar-refractivity contribution < 1.29 is 4.79 Å². The second-order valence-corrected chi connectivity index (χ2v) is 4.73. The van der Waals surface area contributed by atoms with Gasteiger partial charge in [0.1, 0.15) is 5.69 Å². The Bertz CT molecular complexity index is 773. The second kappa shape index (κ2) is 5.66. The number of benzene rings is 1. The maximum atomic E-state index is 12.2. The Balaban J connectivity index is 1.80. The number of hydrogen-bond donors (Lipinski definition) is 1. The molecule has 3 aromatic rings. The molecule has 1 unspecified atom stereocenters. The number of hydrogen-bond acceptors (Lipinski definition) is 4. The Morgan fingerprint density at radius 3 is 2.67 bits per heavy atom. The maximum Gasteiger partial charge on any atom is 0.271 e. The molecule has 1 amide bonds. The zero-order chi connectivity index (χ0) is 14.7. The third-order valence-corrected chi connectivity index (χ3v) is 3.21. The minimum absolute atomic E-state index is 0.139. The number of carbonyl (C=O) groups is 1. The quantitative estimate of drug-likeness (QED) is 0.799. The first kappa shape index (κ1) is 13.2. The highest BCUT2D eigenvalue weighted by atomic mass is 16.1. The lowest BCUT2D eigenvalue weighted by molar-refractivity contribution is 0.0935. The van der Waals surface area contributed by atoms with Crippen LogP contribution >= 0.6 is 0 Å². The van der Waals surface area contributed by atoms with Crippen LogP contribution in [-0.4, -0.2) is 20.9 Å². The summed E-state index contributed by atoms with van der Waals surface area (Å²) in [6.07, 6.45) is 4.93. The molecule has 0 aliphatic carbocycles. The van der Waals surface area contributed by atoms with Crippen molar-refractivity contribution in [1.82, 2.24) is 20.3 Å². The second-order valence-electron chi connectivity index (χ2n) is 4.73. The average molecular weight is 278 g/mol. The summed E-state index contributed by atoms with van der Waals surface area (Å²) in [5, 5.41) is 2.90. The van der Waals surface area contributed by atoms with Gasteiger partial charge >= 0.3 is 0 Å². The zero-order valence-corrected chi connectivity index (χ0v) is 11.5. The molecular formula is C16H14N4O. The molecule has 5 nitrogen and oxygen atoms in total. The fourth-order valence-electron chi connectivity index (χ4n) is 2.05. The molecule has 0 spiro atoms. The highest BCUT2D eigenvalue weighted by molar-refractivity contribution is 5.93. The summed E-state index contributed by atoms with van der Waals surface area (Å²) in [6.45, 7) is 1.91. The minimum atomic E-state index is -0.246. The first-order valence-corrected chi connectivity index (χ1v) is 6.66. The van der Waals surface area contributed by atoms with Crippen LogP contribution in [-0.2, 0) is 0 Å². The van der Waals surface area contributed by atoms with Gasteiger partial charge in [-0.2, -0.15) is 0 Å². The van der Waals surface area contributed by atoms with Crippen molar-refractivity contribution in [3.05, 3.63) is 66.2 Å². The number of nitrogens with zero attached hydrogens (tertiary/aromatic N) is 3. The molecule has 0 aliphatic heterocycles. The number of aromatic nitrogens is 3. The van der Waals surface area contributed by atoms with Crippen LogP contribution in [0.15, 0.2) is 55.0 Å². The maximum absolute atomic E-state index is 12.2. The van der Waals surface area contributed by atoms with Gasteiger partial charge in [-0.15, -0.1) is 0 Å². The average Bonchev–Trinajstić information content (AvgIpc) is 2.55. The van der Waals surface area contributed by atoms with Gasteiger partial charge in [0, 0.05) is 12.4 Å². The van der Waals surface area contributed by atoms with Crippen LogP contribution < -0.4 is 5.32 Å². The van der Waals surface area contributed by atoms with Crippen LogP contribution in [0.5, 0.6) is 0 Å². The van der Waals surface area contributed by atoms with E-state index in [0.717, 1.165) is 11.1 Å². The number of para-hydroxylation sites is 2. The van der Waals surface area contributed by atoms with Gasteiger partial charge in [0.15, 0.2) is 0 Å². The van der Waals surface area contributed by atoms with Gasteiger partial charge in [-0.3, -0.25) is 14.8 Å². The number of nitrogens with one attached hydrogen (secondary N) is 1. The molecule has 0 saturated carbocycles. The van der Waals surface area contributed by atoms with Crippen LogP contribution in [0.25, 0.3) is 11.0 Å². The number of carbonyl (C=O) groups excluding carboxylic acids is 1. The number of rotatable bonds is 3. The molecule has 104 valence electrons. The van der Waals surface area contributed by atoms with Crippen LogP contribution in [0.1, 0.15) is 29.0 Å². The Hall–Kier alpha value is -2.82. The highest BCUT2D eigenvalue weighted by Gasteiger charge is 2.13. The van der Waals surface area contributed by atoms with Crippen molar-refractivity contribution in [3.8, 4) is 0 Å². The lowest BCUT2D eigenvalue weighted by atomic mass is 10.1. The zero-order valence-electron chi connectivity index (χ0n) is 11.5. The van der Waals surface area contributed by atoms with Crippen molar-refractivity contribution in [2.45, 2.75) is 13.0 Å². The molecule has 1 atom stereocenters. The van der Waals surface area contributed by atoms with Crippen LogP contribution in [0, 0.1) is 0 Å². The fourth-order valence-corrected chi connectivity index (χ4v) is 2.05. The molecule has 21 heavy (non-hydrogen) atoms. The third-order valence-electron chi connectivity index (χ3n) is 3.21. The Labute approximate surface area is 122 Å². The van der Waals surface area contributed by atoms with E-state index in [0.29, 0.717) is 11.2 Å². The Morgan fingerprint density at radius 1 is 1.10 bits per heavy atom. The van der Waals surface area contributed by atoms with E-state index in [9.17, 15) is 4.79 Å². The van der Waals surface area contributed by atoms with Gasteiger partial charge in [-0.05, 0) is 30.7 Å². The molecule has 1 aromatic carbocycles. The molecule has 0 aliphatic rings. The topological polar surface area (TPSA) is 67.8 Å². The number of pyridine rings is 1. The van der Waals surface area contributed by atoms with Crippen molar-refractivity contribution in [3.63, 3.8) is 0 Å². The summed E-state index contributed by atoms with van der Waals surface area (Å²) in [6, 6.07) is 11.1. The Morgan fingerprint density at radius 2 is 1.90 bits per heavy atom. The van der Waals surface area contributed by atoms with E-state index in [1.165, 1.54) is 6.20 Å². The van der Waals surface area contributed by atoms with Crippen molar-refractivity contribution in [2.75, 3.05) is 0 Å². The summed E-state index contributed by atoms with van der Waals surface area (Å²) in [5.74, 6) is -0.246. The summed E-state index contributed by atoms with van der Waals surface area (Å²) >= 11 is 0. The number of fused-ring (bicyclic) bond motifs is 1. The molecular weight excluding hydrogens is 264 g/mol. The third kappa shape index (κ3) is 2.86. The van der Waals surface area contributed by atoms with E-state index in [2.05, 4.69) is 20.3 Å². The van der Waals surface area contributed by atoms with E-state index in [1.807, 2.05) is 43.3 Å². The molecule has 0 fully saturated rings. The summed E-state index contributed by atoms with van der Waals surface area (Å²) in [7, 11) is 0. The van der Waals surface area contributed by atoms with E-state index >= 15 is 0 Å². The van der Waals surface area contributed by atoms with Gasteiger partial charge in [0.05, 0.1) is 23.3 Å². The molecule has 2 aromatic heterocycles. The van der Waals surface area contributed by atoms with Crippen molar-refractivity contribution in [1.29, 1.82) is 0 Å². The minimum Gasteiger partial charge on any atom is -0.344 e. The van der Waals surface area contributed by atoms with E-state index in [-0.39, 0.29) is 11.9 Å². The molecule has 3 rings (SSSR count). The molecule has 0 saturated heterocycles. The summed E-state index contributed by atoms with van der Waals surface area (Å²) in [5.41, 5.74) is 2.73. The molecule has 2 heterocycles. The first-order chi connectivity index (χ1) is 10.2. The summed E-state index contributed by atoms with van der Waals surface area (Å²) < 4.78 is 0. The molecule has 0 radical (unpaired) electrons. The standard InChI is InChI=1S/C16H14N4O/c1-11(12-5-4-8-17-9-12)19-16(21)15-10-18-13-6-2-3-7-14(13)20-15/h2-11H,1H3,(H,19,21). The Kier molecular flexibility index (Phi) is 3.55. The monoisotopic (exact) mass is 278 g/mol. The predicted octanol–water partition coefficient (Wildman–Crippen LogP) is 2.52. The van der Waals surface area contributed by atoms with Crippen LogP contribution in [0.3, 0.4) is 0 Å². The van der Waals surface area contributed by atoms with Crippen molar-refractivity contribution in [2.24, 2.45) is 0 Å². The lowest BCUT2D eigenvalue weighted by Crippen LogP contribution is -2.27. The number of amides is 1. The largest absolute Gasteiger partial charge is 0.344 e. The molecule has 1 N–H and O–H groups in total. The van der Waals surface area contributed by atoms with Gasteiger partial charge in [-0.25, -0.2) is 4.98 Å². The van der Waals surface area contributed by atoms with Crippen LogP contribution in [0.4, 0.5) is 0 Å². The van der Waals surface area contributed by atoms with Crippen LogP contribution in [0.2, 0.25) is 0 Å². The van der Waals surface area contributed by atoms with Gasteiger partial charge < -0.3 is 5.32 Å². The SMILES string of the molecule is CC(NC(=O)c1cnc2ccccc2n1)c1cccnc1. The molecule has 0 bridgehead atoms. The van der Waals surface area contributed by atoms with E-state index < -0.39 is 0 Å². The molecule has 5 heteroatoms.